The number of esters is 1. The number of nitro benzene ring substituents is 1. The van der Waals surface area contributed by atoms with Gasteiger partial charge in [-0.25, -0.2) is 21.9 Å². The lowest BCUT2D eigenvalue weighted by molar-refractivity contribution is -0.384. The maximum absolute atomic E-state index is 14.9. The van der Waals surface area contributed by atoms with Crippen LogP contribution in [0.25, 0.3) is 11.0 Å². The second-order valence-corrected chi connectivity index (χ2v) is 16.8. The normalized spacial score (nSPS) is 13.4. The number of anilines is 3. The first-order chi connectivity index (χ1) is 31.4. The third-order valence-corrected chi connectivity index (χ3v) is 12.4. The fourth-order valence-corrected chi connectivity index (χ4v) is 8.74. The smallest absolute Gasteiger partial charge is 0.341 e. The number of halogens is 1. The van der Waals surface area contributed by atoms with Crippen LogP contribution in [-0.2, 0) is 19.5 Å². The number of hydrogen-bond acceptors (Lipinski definition) is 14. The predicted molar refractivity (Wildman–Crippen MR) is 239 cm³/mol. The number of pyridine rings is 1. The van der Waals surface area contributed by atoms with Crippen LogP contribution in [-0.4, -0.2) is 83.1 Å². The summed E-state index contributed by atoms with van der Waals surface area (Å²) in [7, 11) is -0.392. The second-order valence-electron chi connectivity index (χ2n) is 15.0. The van der Waals surface area contributed by atoms with E-state index in [9.17, 15) is 27.7 Å². The molecule has 342 valence electrons. The number of nitro groups is 1. The highest BCUT2D eigenvalue weighted by molar-refractivity contribution is 7.93. The molecule has 19 heteroatoms. The number of nitrogens with one attached hydrogen (secondary N) is 2. The number of carbonyl (C=O) groups is 1. The van der Waals surface area contributed by atoms with E-state index >= 15 is 0 Å². The number of rotatable bonds is 20. The largest absolute Gasteiger partial charge is 0.497 e. The van der Waals surface area contributed by atoms with Gasteiger partial charge in [0.25, 0.3) is 21.6 Å². The Morgan fingerprint density at radius 2 is 1.62 bits per heavy atom. The van der Waals surface area contributed by atoms with Gasteiger partial charge in [0.05, 0.1) is 55.2 Å². The first-order valence-electron chi connectivity index (χ1n) is 20.7. The summed E-state index contributed by atoms with van der Waals surface area (Å²) < 4.78 is 84.7. The minimum absolute atomic E-state index is 0.00659. The van der Waals surface area contributed by atoms with Gasteiger partial charge in [0.15, 0.2) is 17.2 Å². The zero-order valence-corrected chi connectivity index (χ0v) is 36.9. The standard InChI is InChI=1S/C46H48FN5O12S/c1-29(6-5-21-62-45-42(24-31-17-20-48-44(31)50-45)64-40-25-32(47)7-16-38(40)46(53)60-4)63-41-27-37(26-39(52(54)55)43(41)49-28-30-18-22-61-23-19-30)65(56,57)51(33-8-12-35(58-2)13-9-33)34-10-14-36(59-3)15-11-34/h7-17,20,24-27,29-30,49H,5-6,18-19,21-23,28H2,1-4H3,(H,48,50)/t29-/m1/s1. The predicted octanol–water partition coefficient (Wildman–Crippen LogP) is 9.20. The van der Waals surface area contributed by atoms with Gasteiger partial charge < -0.3 is 43.5 Å². The van der Waals surface area contributed by atoms with Crippen molar-refractivity contribution in [3.63, 3.8) is 0 Å². The Hall–Kier alpha value is -7.12. The van der Waals surface area contributed by atoms with E-state index in [1.807, 2.05) is 0 Å². The molecule has 2 N–H and O–H groups in total. The van der Waals surface area contributed by atoms with Crippen LogP contribution in [0, 0.1) is 21.8 Å². The van der Waals surface area contributed by atoms with Crippen molar-refractivity contribution >= 4 is 49.8 Å². The van der Waals surface area contributed by atoms with E-state index in [1.54, 1.807) is 73.8 Å². The van der Waals surface area contributed by atoms with Crippen molar-refractivity contribution < 1.29 is 55.7 Å². The van der Waals surface area contributed by atoms with Gasteiger partial charge in [-0.05, 0) is 111 Å². The Morgan fingerprint density at radius 3 is 2.25 bits per heavy atom. The van der Waals surface area contributed by atoms with Crippen LogP contribution >= 0.6 is 0 Å². The van der Waals surface area contributed by atoms with E-state index in [4.69, 9.17) is 33.2 Å². The highest BCUT2D eigenvalue weighted by atomic mass is 32.2. The number of benzene rings is 4. The molecule has 1 atom stereocenters. The molecule has 1 fully saturated rings. The first kappa shape index (κ1) is 45.9. The highest BCUT2D eigenvalue weighted by Gasteiger charge is 2.33. The topological polar surface area (TPSA) is 203 Å². The van der Waals surface area contributed by atoms with E-state index < -0.39 is 38.5 Å². The first-order valence-corrected chi connectivity index (χ1v) is 22.1. The molecule has 0 spiro atoms. The van der Waals surface area contributed by atoms with E-state index in [2.05, 4.69) is 15.3 Å². The van der Waals surface area contributed by atoms with Crippen molar-refractivity contribution in [1.29, 1.82) is 0 Å². The Kier molecular flexibility index (Phi) is 14.5. The van der Waals surface area contributed by atoms with Crippen molar-refractivity contribution in [2.24, 2.45) is 5.92 Å². The number of aromatic amines is 1. The zero-order valence-electron chi connectivity index (χ0n) is 36.1. The SMILES string of the molecule is COC(=O)c1ccc(F)cc1Oc1cc2cc[nH]c2nc1OCCC[C@@H](C)Oc1cc(S(=O)(=O)N(c2ccc(OC)cc2)c2ccc(OC)cc2)cc([N+](=O)[O-])c1NCC1CCOCC1. The summed E-state index contributed by atoms with van der Waals surface area (Å²) in [6.45, 7) is 3.31. The van der Waals surface area contributed by atoms with Crippen molar-refractivity contribution in [3.8, 4) is 34.6 Å². The van der Waals surface area contributed by atoms with Crippen molar-refractivity contribution in [2.75, 3.05) is 57.3 Å². The van der Waals surface area contributed by atoms with Crippen LogP contribution in [0.2, 0.25) is 0 Å². The molecule has 0 unspecified atom stereocenters. The molecule has 65 heavy (non-hydrogen) atoms. The molecule has 4 aromatic carbocycles. The zero-order chi connectivity index (χ0) is 46.1. The summed E-state index contributed by atoms with van der Waals surface area (Å²) in [4.78, 5) is 31.9. The van der Waals surface area contributed by atoms with Crippen LogP contribution < -0.4 is 33.3 Å². The molecule has 0 saturated carbocycles. The number of sulfonamides is 1. The maximum atomic E-state index is 14.9. The average molecular weight is 914 g/mol. The van der Waals surface area contributed by atoms with Crippen LogP contribution in [0.3, 0.4) is 0 Å². The van der Waals surface area contributed by atoms with Crippen molar-refractivity contribution in [2.45, 2.75) is 43.6 Å². The van der Waals surface area contributed by atoms with Crippen molar-refractivity contribution in [1.82, 2.24) is 9.97 Å². The van der Waals surface area contributed by atoms with E-state index in [0.29, 0.717) is 55.1 Å². The van der Waals surface area contributed by atoms with Crippen molar-refractivity contribution in [3.05, 3.63) is 119 Å². The monoisotopic (exact) mass is 913 g/mol. The number of hydrogen-bond donors (Lipinski definition) is 2. The van der Waals surface area contributed by atoms with Gasteiger partial charge in [0.2, 0.25) is 0 Å². The molecule has 2 aromatic heterocycles. The Balaban J connectivity index is 1.16. The fourth-order valence-electron chi connectivity index (χ4n) is 7.22. The van der Waals surface area contributed by atoms with E-state index in [-0.39, 0.29) is 63.2 Å². The second kappa shape index (κ2) is 20.6. The van der Waals surface area contributed by atoms with Gasteiger partial charge in [0.1, 0.15) is 34.3 Å². The lowest BCUT2D eigenvalue weighted by Gasteiger charge is -2.27. The number of aromatic nitrogens is 2. The average Bonchev–Trinajstić information content (AvgIpc) is 3.77. The highest BCUT2D eigenvalue weighted by Crippen LogP contribution is 2.42. The van der Waals surface area contributed by atoms with Gasteiger partial charge in [-0.2, -0.15) is 4.98 Å². The third-order valence-electron chi connectivity index (χ3n) is 10.7. The van der Waals surface area contributed by atoms with Crippen LogP contribution in [0.1, 0.15) is 43.0 Å². The molecular weight excluding hydrogens is 866 g/mol. The molecular formula is C46H48FN5O12S. The van der Waals surface area contributed by atoms with Crippen LogP contribution in [0.5, 0.6) is 34.6 Å². The fraction of sp³-hybridized carbons (Fsp3) is 0.304. The number of ether oxygens (including phenoxy) is 7. The summed E-state index contributed by atoms with van der Waals surface area (Å²) in [5, 5.41) is 16.7. The molecule has 17 nitrogen and oxygen atoms in total. The molecule has 6 aromatic rings. The Labute approximate surface area is 374 Å². The number of methoxy groups -OCH3 is 3. The van der Waals surface area contributed by atoms with Gasteiger partial charge in [-0.1, -0.05) is 0 Å². The third kappa shape index (κ3) is 10.8. The molecule has 0 amide bonds. The van der Waals surface area contributed by atoms with Gasteiger partial charge in [-0.3, -0.25) is 10.1 Å². The quantitative estimate of drug-likeness (QED) is 0.0317. The molecule has 1 saturated heterocycles. The minimum atomic E-state index is -4.58. The molecule has 0 bridgehead atoms. The minimum Gasteiger partial charge on any atom is -0.497 e. The summed E-state index contributed by atoms with van der Waals surface area (Å²) in [6, 6.07) is 21.9. The van der Waals surface area contributed by atoms with Gasteiger partial charge in [0, 0.05) is 49.5 Å². The molecule has 7 rings (SSSR count). The summed E-state index contributed by atoms with van der Waals surface area (Å²) >= 11 is 0. The number of nitrogens with zero attached hydrogens (tertiary/aromatic N) is 3. The maximum Gasteiger partial charge on any atom is 0.341 e. The number of fused-ring (bicyclic) bond motifs is 1. The Bertz CT molecular complexity index is 2680. The van der Waals surface area contributed by atoms with Crippen LogP contribution in [0.15, 0.2) is 102 Å². The molecule has 1 aliphatic heterocycles. The molecule has 1 aliphatic rings. The molecule has 3 heterocycles. The summed E-state index contributed by atoms with van der Waals surface area (Å²) in [6.07, 6.45) is 3.25. The Morgan fingerprint density at radius 1 is 0.938 bits per heavy atom. The molecule has 0 aliphatic carbocycles. The number of carbonyl (C=O) groups excluding carboxylic acids is 1. The number of H-pyrrole nitrogens is 1. The lowest BCUT2D eigenvalue weighted by atomic mass is 10.0. The lowest BCUT2D eigenvalue weighted by Crippen LogP contribution is -2.27. The van der Waals surface area contributed by atoms with Gasteiger partial charge >= 0.3 is 5.97 Å². The van der Waals surface area contributed by atoms with E-state index in [1.165, 1.54) is 33.5 Å². The summed E-state index contributed by atoms with van der Waals surface area (Å²) in [5.74, 6) is -0.190. The van der Waals surface area contributed by atoms with Gasteiger partial charge in [-0.15, -0.1) is 0 Å². The summed E-state index contributed by atoms with van der Waals surface area (Å²) in [5.41, 5.74) is 0.529. The molecule has 0 radical (unpaired) electrons. The van der Waals surface area contributed by atoms with E-state index in [0.717, 1.165) is 35.3 Å². The van der Waals surface area contributed by atoms with Crippen LogP contribution in [0.4, 0.5) is 27.1 Å².